The number of sulfonamides is 1. The van der Waals surface area contributed by atoms with Crippen LogP contribution in [-0.4, -0.2) is 26.3 Å². The molecule has 0 aromatic heterocycles. The number of carbonyl (C=O) groups is 1. The molecule has 2 rings (SSSR count). The van der Waals surface area contributed by atoms with E-state index in [0.29, 0.717) is 5.56 Å². The van der Waals surface area contributed by atoms with Crippen LogP contribution in [0.15, 0.2) is 47.4 Å². The molecule has 2 aromatic carbocycles. The fourth-order valence-electron chi connectivity index (χ4n) is 2.22. The van der Waals surface area contributed by atoms with Crippen molar-refractivity contribution in [3.8, 4) is 0 Å². The second kappa shape index (κ2) is 7.26. The van der Waals surface area contributed by atoms with Gasteiger partial charge in [0.2, 0.25) is 10.0 Å². The molecule has 10 heteroatoms. The van der Waals surface area contributed by atoms with E-state index < -0.39 is 27.7 Å². The van der Waals surface area contributed by atoms with Crippen molar-refractivity contribution in [1.82, 2.24) is 4.90 Å². The summed E-state index contributed by atoms with van der Waals surface area (Å²) < 4.78 is 60.6. The van der Waals surface area contributed by atoms with Gasteiger partial charge in [-0.25, -0.2) is 13.6 Å². The molecular formula is C16H14ClF3N2O3S. The summed E-state index contributed by atoms with van der Waals surface area (Å²) >= 11 is 5.77. The summed E-state index contributed by atoms with van der Waals surface area (Å²) in [6.07, 6.45) is -4.44. The van der Waals surface area contributed by atoms with Gasteiger partial charge in [0.05, 0.1) is 10.6 Å². The number of hydrogen-bond acceptors (Lipinski definition) is 3. The Morgan fingerprint density at radius 3 is 2.23 bits per heavy atom. The molecule has 0 unspecified atom stereocenters. The second-order valence-corrected chi connectivity index (χ2v) is 7.48. The predicted molar refractivity (Wildman–Crippen MR) is 90.1 cm³/mol. The first-order valence-electron chi connectivity index (χ1n) is 7.13. The quantitative estimate of drug-likeness (QED) is 0.846. The van der Waals surface area contributed by atoms with Gasteiger partial charge in [0.25, 0.3) is 5.91 Å². The summed E-state index contributed by atoms with van der Waals surface area (Å²) in [5.41, 5.74) is -0.270. The smallest absolute Gasteiger partial charge is 0.337 e. The van der Waals surface area contributed by atoms with Gasteiger partial charge in [0, 0.05) is 19.2 Å². The van der Waals surface area contributed by atoms with Crippen molar-refractivity contribution >= 4 is 27.5 Å². The van der Waals surface area contributed by atoms with E-state index in [1.165, 1.54) is 36.2 Å². The van der Waals surface area contributed by atoms with Crippen LogP contribution in [0.3, 0.4) is 0 Å². The van der Waals surface area contributed by atoms with Gasteiger partial charge in [-0.1, -0.05) is 23.7 Å². The lowest BCUT2D eigenvalue weighted by molar-refractivity contribution is -0.137. The van der Waals surface area contributed by atoms with Gasteiger partial charge in [-0.05, 0) is 35.9 Å². The number of halogens is 4. The van der Waals surface area contributed by atoms with E-state index in [9.17, 15) is 26.4 Å². The fourth-order valence-corrected chi connectivity index (χ4v) is 3.29. The Kier molecular flexibility index (Phi) is 5.64. The van der Waals surface area contributed by atoms with Gasteiger partial charge < -0.3 is 4.90 Å². The highest BCUT2D eigenvalue weighted by Gasteiger charge is 2.30. The van der Waals surface area contributed by atoms with Crippen molar-refractivity contribution < 1.29 is 26.4 Å². The Morgan fingerprint density at radius 1 is 1.15 bits per heavy atom. The molecule has 2 aromatic rings. The van der Waals surface area contributed by atoms with E-state index in [1.807, 2.05) is 0 Å². The molecule has 0 aliphatic heterocycles. The van der Waals surface area contributed by atoms with Crippen molar-refractivity contribution in [3.63, 3.8) is 0 Å². The third kappa shape index (κ3) is 4.75. The number of hydrogen-bond donors (Lipinski definition) is 1. The number of nitrogens with zero attached hydrogens (tertiary/aromatic N) is 1. The van der Waals surface area contributed by atoms with Crippen LogP contribution < -0.4 is 5.14 Å². The van der Waals surface area contributed by atoms with Gasteiger partial charge in [0.15, 0.2) is 0 Å². The molecule has 140 valence electrons. The second-order valence-electron chi connectivity index (χ2n) is 5.55. The lowest BCUT2D eigenvalue weighted by atomic mass is 10.1. The molecule has 2 N–H and O–H groups in total. The molecule has 0 saturated heterocycles. The van der Waals surface area contributed by atoms with Gasteiger partial charge in [-0.2, -0.15) is 13.2 Å². The molecule has 1 amide bonds. The van der Waals surface area contributed by atoms with Crippen LogP contribution in [0.2, 0.25) is 5.02 Å². The SMILES string of the molecule is CN(Cc1ccc(C(F)(F)F)cc1)C(=O)c1ccc(Cl)c(S(N)(=O)=O)c1. The highest BCUT2D eigenvalue weighted by Crippen LogP contribution is 2.29. The minimum Gasteiger partial charge on any atom is -0.337 e. The Morgan fingerprint density at radius 2 is 1.73 bits per heavy atom. The molecule has 0 spiro atoms. The molecule has 0 aliphatic carbocycles. The van der Waals surface area contributed by atoms with E-state index in [1.54, 1.807) is 0 Å². The van der Waals surface area contributed by atoms with Gasteiger partial charge in [-0.15, -0.1) is 0 Å². The monoisotopic (exact) mass is 406 g/mol. The Labute approximate surface area is 153 Å². The summed E-state index contributed by atoms with van der Waals surface area (Å²) in [7, 11) is -2.67. The van der Waals surface area contributed by atoms with Crippen LogP contribution in [0.5, 0.6) is 0 Å². The average Bonchev–Trinajstić information content (AvgIpc) is 2.53. The van der Waals surface area contributed by atoms with Crippen LogP contribution in [0.1, 0.15) is 21.5 Å². The average molecular weight is 407 g/mol. The highest BCUT2D eigenvalue weighted by atomic mass is 35.5. The highest BCUT2D eigenvalue weighted by molar-refractivity contribution is 7.89. The van der Waals surface area contributed by atoms with Crippen LogP contribution in [0.4, 0.5) is 13.2 Å². The van der Waals surface area contributed by atoms with Crippen molar-refractivity contribution in [2.45, 2.75) is 17.6 Å². The Bertz CT molecular complexity index is 929. The van der Waals surface area contributed by atoms with Crippen molar-refractivity contribution in [3.05, 3.63) is 64.2 Å². The molecule has 0 bridgehead atoms. The van der Waals surface area contributed by atoms with E-state index in [2.05, 4.69) is 0 Å². The zero-order valence-corrected chi connectivity index (χ0v) is 15.0. The Hall–Kier alpha value is -2.10. The summed E-state index contributed by atoms with van der Waals surface area (Å²) in [6, 6.07) is 8.02. The molecule has 0 fully saturated rings. The first-order chi connectivity index (χ1) is 11.9. The molecule has 0 heterocycles. The largest absolute Gasteiger partial charge is 0.416 e. The van der Waals surface area contributed by atoms with Crippen molar-refractivity contribution in [1.29, 1.82) is 0 Å². The molecule has 0 radical (unpaired) electrons. The van der Waals surface area contributed by atoms with E-state index in [0.717, 1.165) is 18.2 Å². The van der Waals surface area contributed by atoms with E-state index in [4.69, 9.17) is 16.7 Å². The van der Waals surface area contributed by atoms with Crippen molar-refractivity contribution in [2.75, 3.05) is 7.05 Å². The van der Waals surface area contributed by atoms with Crippen LogP contribution >= 0.6 is 11.6 Å². The molecule has 0 saturated carbocycles. The molecule has 5 nitrogen and oxygen atoms in total. The number of amides is 1. The summed E-state index contributed by atoms with van der Waals surface area (Å²) in [5, 5.41) is 4.93. The fraction of sp³-hybridized carbons (Fsp3) is 0.188. The van der Waals surface area contributed by atoms with E-state index >= 15 is 0 Å². The maximum Gasteiger partial charge on any atom is 0.416 e. The maximum absolute atomic E-state index is 12.6. The normalized spacial score (nSPS) is 12.1. The van der Waals surface area contributed by atoms with E-state index in [-0.39, 0.29) is 22.0 Å². The zero-order valence-electron chi connectivity index (χ0n) is 13.4. The molecular weight excluding hydrogens is 393 g/mol. The summed E-state index contributed by atoms with van der Waals surface area (Å²) in [4.78, 5) is 13.3. The third-order valence-corrected chi connectivity index (χ3v) is 4.92. The Balaban J connectivity index is 2.20. The molecule has 0 atom stereocenters. The first kappa shape index (κ1) is 20.2. The number of primary sulfonamides is 1. The summed E-state index contributed by atoms with van der Waals surface area (Å²) in [6.45, 7) is 0.0320. The van der Waals surface area contributed by atoms with Crippen molar-refractivity contribution in [2.24, 2.45) is 5.14 Å². The number of alkyl halides is 3. The van der Waals surface area contributed by atoms with Gasteiger partial charge in [0.1, 0.15) is 4.90 Å². The van der Waals surface area contributed by atoms with Crippen LogP contribution in [-0.2, 0) is 22.7 Å². The summed E-state index contributed by atoms with van der Waals surface area (Å²) in [5.74, 6) is -0.536. The topological polar surface area (TPSA) is 80.5 Å². The number of nitrogens with two attached hydrogens (primary N) is 1. The van der Waals surface area contributed by atoms with Gasteiger partial charge in [-0.3, -0.25) is 4.79 Å². The molecule has 0 aliphatic rings. The predicted octanol–water partition coefficient (Wildman–Crippen LogP) is 3.28. The minimum absolute atomic E-state index is 0.0320. The first-order valence-corrected chi connectivity index (χ1v) is 9.06. The lowest BCUT2D eigenvalue weighted by Crippen LogP contribution is -2.26. The number of rotatable bonds is 4. The standard InChI is InChI=1S/C16H14ClF3N2O3S/c1-22(9-10-2-5-12(6-3-10)16(18,19)20)15(23)11-4-7-13(17)14(8-11)26(21,24)25/h2-8H,9H2,1H3,(H2,21,24,25). The van der Waals surface area contributed by atoms with Gasteiger partial charge >= 0.3 is 6.18 Å². The molecule has 26 heavy (non-hydrogen) atoms. The number of carbonyl (C=O) groups excluding carboxylic acids is 1. The number of benzene rings is 2. The zero-order chi connectivity index (χ0) is 19.7. The van der Waals surface area contributed by atoms with Crippen LogP contribution in [0, 0.1) is 0 Å². The van der Waals surface area contributed by atoms with Crippen LogP contribution in [0.25, 0.3) is 0 Å². The third-order valence-electron chi connectivity index (χ3n) is 3.53. The minimum atomic E-state index is -4.44. The lowest BCUT2D eigenvalue weighted by Gasteiger charge is -2.18. The maximum atomic E-state index is 12.6.